The highest BCUT2D eigenvalue weighted by molar-refractivity contribution is 7.89. The monoisotopic (exact) mass is 642 g/mol. The molecule has 4 N–H and O–H groups in total. The molecule has 8 aliphatic carbocycles. The van der Waals surface area contributed by atoms with Crippen LogP contribution in [0.4, 0.5) is 11.4 Å². The summed E-state index contributed by atoms with van der Waals surface area (Å²) < 4.78 is 56.9. The standard InChI is InChI=1S/C16H20N2O4S.C16H22N2O2S/c19-18(20)14-2-1-3-15(7-14)23(21,22)17-16-8-11-4-12(9-16)6-13(5-11)10-16;17-14-2-1-3-15(7-14)21(19,20)18-16-8-11-4-12(9-16)6-13(5-11)10-16/h1-3,7,11-13,17H,4-6,8-10H2;1-3,7,11-13,18H,4-6,8-10,17H2. The van der Waals surface area contributed by atoms with Gasteiger partial charge in [-0.25, -0.2) is 26.3 Å². The van der Waals surface area contributed by atoms with Gasteiger partial charge in [0.25, 0.3) is 5.69 Å². The molecule has 0 spiro atoms. The molecule has 44 heavy (non-hydrogen) atoms. The Balaban J connectivity index is 0.000000143. The SMILES string of the molecule is Nc1cccc(S(=O)(=O)NC23CC4CC(CC(C4)C2)C3)c1.O=[N+]([O-])c1cccc(S(=O)(=O)NC23CC4CC(CC(C4)C2)C3)c1. The molecule has 2 aromatic rings. The zero-order valence-electron chi connectivity index (χ0n) is 24.9. The first kappa shape index (κ1) is 30.1. The van der Waals surface area contributed by atoms with Gasteiger partial charge in [0.15, 0.2) is 0 Å². The van der Waals surface area contributed by atoms with Crippen molar-refractivity contribution >= 4 is 31.4 Å². The highest BCUT2D eigenvalue weighted by Crippen LogP contribution is 2.57. The fraction of sp³-hybridized carbons (Fsp3) is 0.625. The number of nitrogens with zero attached hydrogens (tertiary/aromatic N) is 1. The summed E-state index contributed by atoms with van der Waals surface area (Å²) in [5, 5.41) is 10.9. The average Bonchev–Trinajstić information content (AvgIpc) is 2.91. The minimum absolute atomic E-state index is 0.0116. The summed E-state index contributed by atoms with van der Waals surface area (Å²) in [6, 6.07) is 11.9. The van der Waals surface area contributed by atoms with Crippen LogP contribution in [0.3, 0.4) is 0 Å². The van der Waals surface area contributed by atoms with Crippen LogP contribution in [0.25, 0.3) is 0 Å². The van der Waals surface area contributed by atoms with Crippen molar-refractivity contribution in [1.29, 1.82) is 0 Å². The van der Waals surface area contributed by atoms with Crippen LogP contribution >= 0.6 is 0 Å². The summed E-state index contributed by atoms with van der Waals surface area (Å²) in [4.78, 5) is 10.6. The third-order valence-electron chi connectivity index (χ3n) is 11.3. The summed E-state index contributed by atoms with van der Waals surface area (Å²) in [7, 11) is -7.21. The summed E-state index contributed by atoms with van der Waals surface area (Å²) in [6.45, 7) is 0. The second-order valence-electron chi connectivity index (χ2n) is 14.9. The fourth-order valence-electron chi connectivity index (χ4n) is 10.6. The molecule has 8 bridgehead atoms. The van der Waals surface area contributed by atoms with Crippen molar-refractivity contribution in [2.45, 2.75) is 97.9 Å². The van der Waals surface area contributed by atoms with E-state index in [0.717, 1.165) is 62.3 Å². The molecule has 2 aromatic carbocycles. The van der Waals surface area contributed by atoms with Crippen molar-refractivity contribution in [3.63, 3.8) is 0 Å². The first-order valence-corrected chi connectivity index (χ1v) is 18.9. The molecule has 0 aliphatic heterocycles. The number of anilines is 1. The van der Waals surface area contributed by atoms with Crippen LogP contribution in [0.1, 0.15) is 77.0 Å². The molecule has 0 atom stereocenters. The van der Waals surface area contributed by atoms with Crippen molar-refractivity contribution in [1.82, 2.24) is 9.44 Å². The normalized spacial score (nSPS) is 36.5. The van der Waals surface area contributed by atoms with Crippen LogP contribution in [0, 0.1) is 45.6 Å². The Labute approximate surface area is 259 Å². The van der Waals surface area contributed by atoms with Crippen molar-refractivity contribution < 1.29 is 21.8 Å². The van der Waals surface area contributed by atoms with Crippen LogP contribution in [-0.4, -0.2) is 32.8 Å². The number of hydrogen-bond donors (Lipinski definition) is 3. The van der Waals surface area contributed by atoms with E-state index in [1.165, 1.54) is 56.7 Å². The number of nitrogens with one attached hydrogen (secondary N) is 2. The highest BCUT2D eigenvalue weighted by atomic mass is 32.2. The number of sulfonamides is 2. The lowest BCUT2D eigenvalue weighted by Crippen LogP contribution is -2.59. The maximum atomic E-state index is 12.8. The van der Waals surface area contributed by atoms with E-state index in [1.54, 1.807) is 24.3 Å². The van der Waals surface area contributed by atoms with E-state index in [1.807, 2.05) is 0 Å². The number of nitro benzene ring substituents is 1. The van der Waals surface area contributed by atoms with E-state index < -0.39 is 25.0 Å². The number of rotatable bonds is 7. The highest BCUT2D eigenvalue weighted by Gasteiger charge is 2.53. The molecule has 0 aromatic heterocycles. The van der Waals surface area contributed by atoms with Gasteiger partial charge in [-0.3, -0.25) is 10.1 Å². The van der Waals surface area contributed by atoms with Crippen LogP contribution in [0.2, 0.25) is 0 Å². The van der Waals surface area contributed by atoms with Gasteiger partial charge < -0.3 is 5.73 Å². The van der Waals surface area contributed by atoms with Crippen molar-refractivity contribution in [3.8, 4) is 0 Å². The maximum absolute atomic E-state index is 12.8. The fourth-order valence-corrected chi connectivity index (χ4v) is 13.6. The van der Waals surface area contributed by atoms with E-state index in [9.17, 15) is 26.9 Å². The average molecular weight is 643 g/mol. The van der Waals surface area contributed by atoms with E-state index >= 15 is 0 Å². The summed E-state index contributed by atoms with van der Waals surface area (Å²) in [6.07, 6.45) is 13.4. The summed E-state index contributed by atoms with van der Waals surface area (Å²) >= 11 is 0. The summed E-state index contributed by atoms with van der Waals surface area (Å²) in [5.41, 5.74) is 5.49. The topological polar surface area (TPSA) is 162 Å². The molecule has 238 valence electrons. The minimum Gasteiger partial charge on any atom is -0.399 e. The lowest BCUT2D eigenvalue weighted by molar-refractivity contribution is -0.385. The van der Waals surface area contributed by atoms with E-state index in [0.29, 0.717) is 28.3 Å². The summed E-state index contributed by atoms with van der Waals surface area (Å²) in [5.74, 6) is 4.07. The number of non-ortho nitro benzene ring substituents is 1. The van der Waals surface area contributed by atoms with Gasteiger partial charge in [0, 0.05) is 28.9 Å². The lowest BCUT2D eigenvalue weighted by Gasteiger charge is -2.56. The van der Waals surface area contributed by atoms with Gasteiger partial charge in [-0.05, 0) is 137 Å². The molecule has 8 saturated carbocycles. The van der Waals surface area contributed by atoms with E-state index in [4.69, 9.17) is 5.73 Å². The second-order valence-corrected chi connectivity index (χ2v) is 18.3. The Morgan fingerprint density at radius 3 is 1.36 bits per heavy atom. The Morgan fingerprint density at radius 2 is 1.00 bits per heavy atom. The van der Waals surface area contributed by atoms with E-state index in [2.05, 4.69) is 9.44 Å². The molecule has 0 saturated heterocycles. The van der Waals surface area contributed by atoms with Crippen molar-refractivity contribution in [2.75, 3.05) is 5.73 Å². The molecule has 0 amide bonds. The Kier molecular flexibility index (Phi) is 7.38. The predicted octanol–water partition coefficient (Wildman–Crippen LogP) is 5.36. The number of hydrogen-bond acceptors (Lipinski definition) is 7. The molecule has 10 rings (SSSR count). The maximum Gasteiger partial charge on any atom is 0.270 e. The Bertz CT molecular complexity index is 1600. The molecule has 0 heterocycles. The second kappa shape index (κ2) is 10.8. The Morgan fingerprint density at radius 1 is 0.636 bits per heavy atom. The van der Waals surface area contributed by atoms with E-state index in [-0.39, 0.29) is 21.7 Å². The lowest BCUT2D eigenvalue weighted by atomic mass is 9.53. The van der Waals surface area contributed by atoms with Crippen LogP contribution in [0.5, 0.6) is 0 Å². The molecular formula is C32H42N4O6S2. The molecule has 8 fully saturated rings. The van der Waals surface area contributed by atoms with Gasteiger partial charge in [-0.15, -0.1) is 0 Å². The van der Waals surface area contributed by atoms with Crippen LogP contribution in [-0.2, 0) is 20.0 Å². The molecule has 0 radical (unpaired) electrons. The molecule has 0 unspecified atom stereocenters. The zero-order valence-corrected chi connectivity index (χ0v) is 26.5. The van der Waals surface area contributed by atoms with Crippen molar-refractivity contribution in [2.24, 2.45) is 35.5 Å². The third kappa shape index (κ3) is 5.90. The molecule has 12 heteroatoms. The number of nitro groups is 1. The van der Waals surface area contributed by atoms with Crippen LogP contribution < -0.4 is 15.2 Å². The van der Waals surface area contributed by atoms with Crippen molar-refractivity contribution in [3.05, 3.63) is 58.6 Å². The minimum atomic E-state index is -3.73. The van der Waals surface area contributed by atoms with Gasteiger partial charge in [-0.2, -0.15) is 0 Å². The molecule has 10 nitrogen and oxygen atoms in total. The Hall–Kier alpha value is -2.54. The molecule has 8 aliphatic rings. The van der Waals surface area contributed by atoms with Gasteiger partial charge in [0.2, 0.25) is 20.0 Å². The third-order valence-corrected chi connectivity index (χ3v) is 14.4. The molecular weight excluding hydrogens is 601 g/mol. The number of nitrogen functional groups attached to an aromatic ring is 1. The number of benzene rings is 2. The number of nitrogens with two attached hydrogens (primary N) is 1. The van der Waals surface area contributed by atoms with Gasteiger partial charge in [-0.1, -0.05) is 12.1 Å². The zero-order chi connectivity index (χ0) is 30.9. The van der Waals surface area contributed by atoms with Gasteiger partial charge in [0.05, 0.1) is 14.7 Å². The first-order valence-electron chi connectivity index (χ1n) is 16.0. The smallest absolute Gasteiger partial charge is 0.270 e. The largest absolute Gasteiger partial charge is 0.399 e. The predicted molar refractivity (Wildman–Crippen MR) is 166 cm³/mol. The van der Waals surface area contributed by atoms with Gasteiger partial charge in [0.1, 0.15) is 0 Å². The quantitative estimate of drug-likeness (QED) is 0.208. The first-order chi connectivity index (χ1) is 20.8. The van der Waals surface area contributed by atoms with Gasteiger partial charge >= 0.3 is 0 Å². The van der Waals surface area contributed by atoms with Crippen LogP contribution in [0.15, 0.2) is 58.3 Å².